The zero-order valence-corrected chi connectivity index (χ0v) is 20.5. The number of anilines is 2. The van der Waals surface area contributed by atoms with Crippen LogP contribution in [0.2, 0.25) is 0 Å². The fourth-order valence-corrected chi connectivity index (χ4v) is 6.80. The smallest absolute Gasteiger partial charge is 0.306 e. The van der Waals surface area contributed by atoms with Crippen molar-refractivity contribution in [2.45, 2.75) is 68.8 Å². The summed E-state index contributed by atoms with van der Waals surface area (Å²) in [5.41, 5.74) is 3.00. The molecule has 3 atom stereocenters. The molecule has 2 aliphatic carbocycles. The van der Waals surface area contributed by atoms with Crippen LogP contribution in [0.5, 0.6) is 0 Å². The highest BCUT2D eigenvalue weighted by Gasteiger charge is 2.46. The van der Waals surface area contributed by atoms with Gasteiger partial charge in [-0.1, -0.05) is 48.4 Å². The van der Waals surface area contributed by atoms with Gasteiger partial charge in [0.1, 0.15) is 10.8 Å². The lowest BCUT2D eigenvalue weighted by Gasteiger charge is -2.48. The van der Waals surface area contributed by atoms with E-state index in [1.165, 1.54) is 24.8 Å². The maximum absolute atomic E-state index is 11.3. The third-order valence-electron chi connectivity index (χ3n) is 8.02. The molecule has 3 fully saturated rings. The van der Waals surface area contributed by atoms with E-state index in [1.807, 2.05) is 12.3 Å². The number of carboxylic acids is 1. The van der Waals surface area contributed by atoms with Gasteiger partial charge in [-0.25, -0.2) is 4.98 Å². The number of carboxylic acid groups (broad SMARTS) is 1. The molecule has 35 heavy (non-hydrogen) atoms. The fourth-order valence-electron chi connectivity index (χ4n) is 5.88. The van der Waals surface area contributed by atoms with Crippen molar-refractivity contribution in [1.82, 2.24) is 15.2 Å². The zero-order chi connectivity index (χ0) is 23.8. The molecule has 3 aromatic rings. The van der Waals surface area contributed by atoms with Crippen molar-refractivity contribution in [3.8, 4) is 11.1 Å². The van der Waals surface area contributed by atoms with Crippen molar-refractivity contribution in [3.05, 3.63) is 53.2 Å². The number of hydrogen-bond donors (Lipinski definition) is 2. The van der Waals surface area contributed by atoms with Gasteiger partial charge in [0, 0.05) is 23.6 Å². The van der Waals surface area contributed by atoms with Gasteiger partial charge in [0.05, 0.1) is 18.6 Å². The molecule has 1 saturated heterocycles. The summed E-state index contributed by atoms with van der Waals surface area (Å²) >= 11 is 1.62. The Morgan fingerprint density at radius 1 is 1.09 bits per heavy atom. The van der Waals surface area contributed by atoms with Crippen LogP contribution in [0, 0.1) is 5.92 Å². The van der Waals surface area contributed by atoms with Crippen LogP contribution >= 0.6 is 11.3 Å². The predicted molar refractivity (Wildman–Crippen MR) is 135 cm³/mol. The minimum absolute atomic E-state index is 0.119. The molecule has 0 spiro atoms. The molecule has 2 N–H and O–H groups in total. The number of ether oxygens (including phenoxy) is 1. The largest absolute Gasteiger partial charge is 0.481 e. The number of hydrogen-bond acceptors (Lipinski definition) is 7. The average Bonchev–Trinajstić information content (AvgIpc) is 3.26. The molecule has 2 aromatic heterocycles. The highest BCUT2D eigenvalue weighted by atomic mass is 32.1. The summed E-state index contributed by atoms with van der Waals surface area (Å²) in [5, 5.41) is 23.1. The second-order valence-corrected chi connectivity index (χ2v) is 11.3. The molecule has 6 rings (SSSR count). The van der Waals surface area contributed by atoms with Crippen molar-refractivity contribution in [3.63, 3.8) is 0 Å². The minimum Gasteiger partial charge on any atom is -0.481 e. The SMILES string of the molecule is O=C(O)CC12CCCC(C1)C(c1ccc(-c3ccc(Nc4nnc(C5CCC5)s4)nc3)cc1)CO2. The first-order valence-electron chi connectivity index (χ1n) is 12.6. The van der Waals surface area contributed by atoms with E-state index in [0.717, 1.165) is 52.8 Å². The topological polar surface area (TPSA) is 97.2 Å². The highest BCUT2D eigenvalue weighted by molar-refractivity contribution is 7.15. The van der Waals surface area contributed by atoms with E-state index in [1.54, 1.807) is 11.3 Å². The van der Waals surface area contributed by atoms with E-state index >= 15 is 0 Å². The molecule has 1 aromatic carbocycles. The van der Waals surface area contributed by atoms with Crippen LogP contribution in [-0.2, 0) is 9.53 Å². The molecular weight excluding hydrogens is 460 g/mol. The fraction of sp³-hybridized carbons (Fsp3) is 0.481. The highest BCUT2D eigenvalue weighted by Crippen LogP contribution is 2.48. The first-order chi connectivity index (χ1) is 17.1. The second kappa shape index (κ2) is 9.32. The quantitative estimate of drug-likeness (QED) is 0.411. The predicted octanol–water partition coefficient (Wildman–Crippen LogP) is 6.13. The van der Waals surface area contributed by atoms with Crippen LogP contribution < -0.4 is 5.32 Å². The molecule has 182 valence electrons. The number of pyridine rings is 1. The summed E-state index contributed by atoms with van der Waals surface area (Å²) < 4.78 is 6.21. The van der Waals surface area contributed by atoms with Crippen molar-refractivity contribution in [2.75, 3.05) is 11.9 Å². The molecule has 0 amide bonds. The van der Waals surface area contributed by atoms with Crippen LogP contribution in [0.1, 0.15) is 73.8 Å². The van der Waals surface area contributed by atoms with Gasteiger partial charge in [0.25, 0.3) is 0 Å². The van der Waals surface area contributed by atoms with E-state index in [2.05, 4.69) is 50.8 Å². The number of aliphatic carboxylic acids is 1. The van der Waals surface area contributed by atoms with E-state index in [0.29, 0.717) is 24.4 Å². The maximum atomic E-state index is 11.3. The molecule has 8 heteroatoms. The Morgan fingerprint density at radius 3 is 2.63 bits per heavy atom. The van der Waals surface area contributed by atoms with Crippen molar-refractivity contribution in [2.24, 2.45) is 5.92 Å². The summed E-state index contributed by atoms with van der Waals surface area (Å²) in [5.74, 6) is 1.41. The normalized spacial score (nSPS) is 26.2. The van der Waals surface area contributed by atoms with E-state index < -0.39 is 11.6 Å². The van der Waals surface area contributed by atoms with Crippen molar-refractivity contribution in [1.29, 1.82) is 0 Å². The summed E-state index contributed by atoms with van der Waals surface area (Å²) in [6.45, 7) is 0.604. The maximum Gasteiger partial charge on any atom is 0.306 e. The monoisotopic (exact) mass is 490 g/mol. The van der Waals surface area contributed by atoms with Crippen molar-refractivity contribution >= 4 is 28.3 Å². The lowest BCUT2D eigenvalue weighted by molar-refractivity contribution is -0.162. The van der Waals surface area contributed by atoms with Crippen LogP contribution in [-0.4, -0.2) is 38.5 Å². The summed E-state index contributed by atoms with van der Waals surface area (Å²) in [6, 6.07) is 12.7. The van der Waals surface area contributed by atoms with Crippen LogP contribution in [0.4, 0.5) is 10.9 Å². The lowest BCUT2D eigenvalue weighted by atomic mass is 9.67. The van der Waals surface area contributed by atoms with Gasteiger partial charge < -0.3 is 15.2 Å². The number of benzene rings is 1. The Hall–Kier alpha value is -2.84. The van der Waals surface area contributed by atoms with E-state index in [-0.39, 0.29) is 6.42 Å². The first kappa shape index (κ1) is 22.6. The van der Waals surface area contributed by atoms with Gasteiger partial charge in [-0.05, 0) is 61.3 Å². The number of rotatable bonds is 7. The van der Waals surface area contributed by atoms with E-state index in [4.69, 9.17) is 4.74 Å². The molecule has 2 saturated carbocycles. The Bertz CT molecular complexity index is 1190. The van der Waals surface area contributed by atoms with E-state index in [9.17, 15) is 9.90 Å². The minimum atomic E-state index is -0.759. The standard InChI is InChI=1S/C27H30N4O3S/c32-24(33)14-27-12-2-5-20(13-27)22(16-34-27)18-8-6-17(7-9-18)21-10-11-23(28-15-21)29-26-31-30-25(35-26)19-3-1-4-19/h6-11,15,19-20,22H,1-5,12-14,16H2,(H,32,33)(H,28,29,31). The van der Waals surface area contributed by atoms with Gasteiger partial charge in [-0.2, -0.15) is 0 Å². The zero-order valence-electron chi connectivity index (χ0n) is 19.7. The molecule has 3 heterocycles. The summed E-state index contributed by atoms with van der Waals surface area (Å²) in [7, 11) is 0. The van der Waals surface area contributed by atoms with Crippen LogP contribution in [0.3, 0.4) is 0 Å². The average molecular weight is 491 g/mol. The second-order valence-electron chi connectivity index (χ2n) is 10.3. The molecule has 3 unspecified atom stereocenters. The molecule has 7 nitrogen and oxygen atoms in total. The van der Waals surface area contributed by atoms with Crippen molar-refractivity contribution < 1.29 is 14.6 Å². The number of nitrogens with zero attached hydrogens (tertiary/aromatic N) is 3. The Labute approximate surface area is 209 Å². The van der Waals surface area contributed by atoms with Gasteiger partial charge in [0.2, 0.25) is 5.13 Å². The van der Waals surface area contributed by atoms with Gasteiger partial charge in [-0.15, -0.1) is 10.2 Å². The number of fused-ring (bicyclic) bond motifs is 2. The van der Waals surface area contributed by atoms with Crippen LogP contribution in [0.15, 0.2) is 42.6 Å². The number of aromatic nitrogens is 3. The summed E-state index contributed by atoms with van der Waals surface area (Å²) in [6.07, 6.45) is 9.63. The molecular formula is C27H30N4O3S. The van der Waals surface area contributed by atoms with Gasteiger partial charge in [0.15, 0.2) is 0 Å². The molecule has 1 aliphatic heterocycles. The first-order valence-corrected chi connectivity index (χ1v) is 13.4. The van der Waals surface area contributed by atoms with Gasteiger partial charge >= 0.3 is 5.97 Å². The number of nitrogens with one attached hydrogen (secondary N) is 1. The Balaban J connectivity index is 1.11. The lowest BCUT2D eigenvalue weighted by Crippen LogP contribution is -2.47. The molecule has 2 bridgehead atoms. The third-order valence-corrected chi connectivity index (χ3v) is 9.02. The number of carbonyl (C=O) groups is 1. The Kier molecular flexibility index (Phi) is 6.02. The third kappa shape index (κ3) is 4.69. The van der Waals surface area contributed by atoms with Gasteiger partial charge in [-0.3, -0.25) is 4.79 Å². The molecule has 0 radical (unpaired) electrons. The summed E-state index contributed by atoms with van der Waals surface area (Å²) in [4.78, 5) is 15.9. The Morgan fingerprint density at radius 2 is 1.91 bits per heavy atom. The van der Waals surface area contributed by atoms with Crippen LogP contribution in [0.25, 0.3) is 11.1 Å². The molecule has 3 aliphatic rings.